The van der Waals surface area contributed by atoms with Crippen LogP contribution in [-0.2, 0) is 9.47 Å². The first-order valence-corrected chi connectivity index (χ1v) is 7.86. The summed E-state index contributed by atoms with van der Waals surface area (Å²) in [6, 6.07) is 0. The van der Waals surface area contributed by atoms with Crippen molar-refractivity contribution >= 4 is 0 Å². The van der Waals surface area contributed by atoms with Crippen LogP contribution in [0, 0.1) is 0 Å². The number of hydrogen-bond donors (Lipinski definition) is 1. The summed E-state index contributed by atoms with van der Waals surface area (Å²) in [5.41, 5.74) is 0. The number of ether oxygens (including phenoxy) is 2. The summed E-state index contributed by atoms with van der Waals surface area (Å²) in [6.07, 6.45) is 10.1. The zero-order valence-corrected chi connectivity index (χ0v) is 13.4. The van der Waals surface area contributed by atoms with Gasteiger partial charge in [0.2, 0.25) is 0 Å². The van der Waals surface area contributed by atoms with Gasteiger partial charge in [-0.2, -0.15) is 0 Å². The van der Waals surface area contributed by atoms with Gasteiger partial charge in [0.1, 0.15) is 12.2 Å². The molecule has 1 N–H and O–H groups in total. The van der Waals surface area contributed by atoms with E-state index in [4.69, 9.17) is 9.47 Å². The van der Waals surface area contributed by atoms with Crippen LogP contribution in [-0.4, -0.2) is 36.6 Å². The van der Waals surface area contributed by atoms with Crippen LogP contribution in [0.4, 0.5) is 0 Å². The fraction of sp³-hybridized carbons (Fsp3) is 0.765. The van der Waals surface area contributed by atoms with Gasteiger partial charge in [-0.15, -0.1) is 6.58 Å². The quantitative estimate of drug-likeness (QED) is 0.412. The van der Waals surface area contributed by atoms with Crippen LogP contribution in [0.3, 0.4) is 0 Å². The Morgan fingerprint density at radius 2 is 1.60 bits per heavy atom. The van der Waals surface area contributed by atoms with Crippen LogP contribution < -0.4 is 0 Å². The van der Waals surface area contributed by atoms with Gasteiger partial charge in [0.25, 0.3) is 0 Å². The third kappa shape index (κ3) is 10.2. The molecular formula is C17H32O3. The van der Waals surface area contributed by atoms with Gasteiger partial charge >= 0.3 is 0 Å². The zero-order chi connectivity index (χ0) is 15.2. The molecule has 0 saturated heterocycles. The molecule has 0 spiro atoms. The van der Waals surface area contributed by atoms with E-state index in [1.807, 2.05) is 12.2 Å². The second kappa shape index (κ2) is 13.3. The highest BCUT2D eigenvalue weighted by Gasteiger charge is 2.17. The minimum absolute atomic E-state index is 0.116. The van der Waals surface area contributed by atoms with Gasteiger partial charge in [-0.05, 0) is 26.2 Å². The third-order valence-electron chi connectivity index (χ3n) is 2.98. The van der Waals surface area contributed by atoms with Crippen molar-refractivity contribution in [2.75, 3.05) is 13.2 Å². The maximum absolute atomic E-state index is 9.31. The second-order valence-electron chi connectivity index (χ2n) is 5.13. The van der Waals surface area contributed by atoms with Crippen LogP contribution in [0.5, 0.6) is 0 Å². The van der Waals surface area contributed by atoms with E-state index in [1.54, 1.807) is 13.0 Å². The lowest BCUT2D eigenvalue weighted by Gasteiger charge is -2.23. The van der Waals surface area contributed by atoms with Crippen molar-refractivity contribution in [1.82, 2.24) is 0 Å². The first-order valence-electron chi connectivity index (χ1n) is 7.86. The molecule has 118 valence electrons. The molecule has 0 aliphatic heterocycles. The molecule has 0 aromatic carbocycles. The summed E-state index contributed by atoms with van der Waals surface area (Å²) in [7, 11) is 0. The molecular weight excluding hydrogens is 252 g/mol. The maximum Gasteiger partial charge on any atom is 0.105 e. The van der Waals surface area contributed by atoms with E-state index in [1.165, 1.54) is 0 Å². The van der Waals surface area contributed by atoms with Crippen molar-refractivity contribution in [3.63, 3.8) is 0 Å². The van der Waals surface area contributed by atoms with E-state index < -0.39 is 0 Å². The molecule has 0 aromatic rings. The fourth-order valence-corrected chi connectivity index (χ4v) is 1.69. The van der Waals surface area contributed by atoms with Gasteiger partial charge in [0.15, 0.2) is 0 Å². The van der Waals surface area contributed by atoms with Crippen LogP contribution in [0.1, 0.15) is 52.9 Å². The summed E-state index contributed by atoms with van der Waals surface area (Å²) in [5.74, 6) is 0. The Balaban J connectivity index is 4.42. The van der Waals surface area contributed by atoms with E-state index in [9.17, 15) is 5.11 Å². The molecule has 0 bridgehead atoms. The molecule has 0 aliphatic rings. The molecule has 3 heteroatoms. The van der Waals surface area contributed by atoms with Crippen molar-refractivity contribution in [1.29, 1.82) is 0 Å². The average molecular weight is 284 g/mol. The molecule has 0 radical (unpaired) electrons. The summed E-state index contributed by atoms with van der Waals surface area (Å²) in [6.45, 7) is 11.4. The fourth-order valence-electron chi connectivity index (χ4n) is 1.69. The normalized spacial score (nSPS) is 16.2. The highest BCUT2D eigenvalue weighted by Crippen LogP contribution is 2.11. The molecule has 0 saturated carbocycles. The minimum Gasteiger partial charge on any atom is -0.393 e. The highest BCUT2D eigenvalue weighted by atomic mass is 16.5. The molecule has 20 heavy (non-hydrogen) atoms. The number of hydrogen-bond acceptors (Lipinski definition) is 3. The number of rotatable bonds is 13. The Morgan fingerprint density at radius 3 is 2.05 bits per heavy atom. The van der Waals surface area contributed by atoms with E-state index >= 15 is 0 Å². The SMILES string of the molecule is C=C[C@H](OCCCC)[C@@H](/C=C\CC(C)O)OCCCC. The molecule has 3 nitrogen and oxygen atoms in total. The maximum atomic E-state index is 9.31. The Kier molecular flexibility index (Phi) is 12.9. The van der Waals surface area contributed by atoms with E-state index in [0.29, 0.717) is 6.42 Å². The van der Waals surface area contributed by atoms with Crippen molar-refractivity contribution in [2.45, 2.75) is 71.2 Å². The molecule has 0 aromatic heterocycles. The topological polar surface area (TPSA) is 38.7 Å². The largest absolute Gasteiger partial charge is 0.393 e. The molecule has 0 heterocycles. The van der Waals surface area contributed by atoms with E-state index in [2.05, 4.69) is 20.4 Å². The van der Waals surface area contributed by atoms with Gasteiger partial charge in [0.05, 0.1) is 6.10 Å². The van der Waals surface area contributed by atoms with Crippen molar-refractivity contribution in [3.05, 3.63) is 24.8 Å². The predicted molar refractivity (Wildman–Crippen MR) is 84.9 cm³/mol. The first kappa shape index (κ1) is 19.4. The molecule has 0 amide bonds. The lowest BCUT2D eigenvalue weighted by Crippen LogP contribution is -2.29. The highest BCUT2D eigenvalue weighted by molar-refractivity contribution is 5.00. The van der Waals surface area contributed by atoms with Gasteiger partial charge in [-0.3, -0.25) is 0 Å². The first-order chi connectivity index (χ1) is 9.65. The summed E-state index contributed by atoms with van der Waals surface area (Å²) in [4.78, 5) is 0. The zero-order valence-electron chi connectivity index (χ0n) is 13.4. The minimum atomic E-state index is -0.328. The van der Waals surface area contributed by atoms with Gasteiger partial charge in [-0.1, -0.05) is 44.9 Å². The molecule has 3 atom stereocenters. The number of unbranched alkanes of at least 4 members (excludes halogenated alkanes) is 2. The van der Waals surface area contributed by atoms with Crippen LogP contribution in [0.25, 0.3) is 0 Å². The molecule has 1 unspecified atom stereocenters. The van der Waals surface area contributed by atoms with Crippen molar-refractivity contribution in [2.24, 2.45) is 0 Å². The van der Waals surface area contributed by atoms with Gasteiger partial charge < -0.3 is 14.6 Å². The van der Waals surface area contributed by atoms with Crippen LogP contribution >= 0.6 is 0 Å². The van der Waals surface area contributed by atoms with E-state index in [-0.39, 0.29) is 18.3 Å². The lowest BCUT2D eigenvalue weighted by atomic mass is 10.1. The third-order valence-corrected chi connectivity index (χ3v) is 2.98. The average Bonchev–Trinajstić information content (AvgIpc) is 2.42. The Hall–Kier alpha value is -0.640. The monoisotopic (exact) mass is 284 g/mol. The Labute approximate surface area is 124 Å². The number of aliphatic hydroxyl groups excluding tert-OH is 1. The van der Waals surface area contributed by atoms with Crippen LogP contribution in [0.2, 0.25) is 0 Å². The Bertz CT molecular complexity index is 249. The lowest BCUT2D eigenvalue weighted by molar-refractivity contribution is -0.0304. The van der Waals surface area contributed by atoms with Gasteiger partial charge in [-0.25, -0.2) is 0 Å². The summed E-state index contributed by atoms with van der Waals surface area (Å²) in [5, 5.41) is 9.31. The summed E-state index contributed by atoms with van der Waals surface area (Å²) < 4.78 is 11.7. The van der Waals surface area contributed by atoms with Crippen molar-refractivity contribution < 1.29 is 14.6 Å². The standard InChI is InChI=1S/C17H32O3/c1-5-8-13-19-16(7-3)17(20-14-9-6-2)12-10-11-15(4)18/h7,10,12,15-18H,3,5-6,8-9,11,13-14H2,1-2,4H3/b12-10-/t15?,16-,17+/m0/s1. The second-order valence-corrected chi connectivity index (χ2v) is 5.13. The van der Waals surface area contributed by atoms with Crippen LogP contribution in [0.15, 0.2) is 24.8 Å². The predicted octanol–water partition coefficient (Wildman–Crippen LogP) is 3.87. The number of aliphatic hydroxyl groups is 1. The molecule has 0 rings (SSSR count). The van der Waals surface area contributed by atoms with E-state index in [0.717, 1.165) is 38.9 Å². The van der Waals surface area contributed by atoms with Crippen molar-refractivity contribution in [3.8, 4) is 0 Å². The van der Waals surface area contributed by atoms with Gasteiger partial charge in [0, 0.05) is 13.2 Å². The summed E-state index contributed by atoms with van der Waals surface area (Å²) >= 11 is 0. The smallest absolute Gasteiger partial charge is 0.105 e. The molecule has 0 fully saturated rings. The molecule has 0 aliphatic carbocycles. The Morgan fingerprint density at radius 1 is 1.05 bits per heavy atom.